The smallest absolute Gasteiger partial charge is 0.329 e. The summed E-state index contributed by atoms with van der Waals surface area (Å²) in [7, 11) is -4.56. The maximum atomic E-state index is 13.7. The third-order valence-electron chi connectivity index (χ3n) is 5.14. The fraction of sp³-hybridized carbons (Fsp3) is 0.316. The highest BCUT2D eigenvalue weighted by molar-refractivity contribution is 7.90. The van der Waals surface area contributed by atoms with E-state index in [1.807, 2.05) is 0 Å². The van der Waals surface area contributed by atoms with E-state index in [1.54, 1.807) is 0 Å². The third kappa shape index (κ3) is 3.34. The predicted octanol–water partition coefficient (Wildman–Crippen LogP) is 4.18. The molecule has 13 heteroatoms. The largest absolute Gasteiger partial charge is 0.507 e. The van der Waals surface area contributed by atoms with Crippen molar-refractivity contribution in [1.29, 1.82) is 0 Å². The third-order valence-corrected chi connectivity index (χ3v) is 6.74. The van der Waals surface area contributed by atoms with E-state index in [0.29, 0.717) is 15.9 Å². The number of halogens is 6. The van der Waals surface area contributed by atoms with Crippen molar-refractivity contribution >= 4 is 26.7 Å². The minimum atomic E-state index is -4.56. The topological polar surface area (TPSA) is 75.4 Å². The standard InChI is InChI=1S/C19H15F6N3O3S/c1-17(20,21)11-5-7-12(8-6-11)32(30,31)28-13-3-2-4-14(29)15(13)16(26-28)27-9-18(22,23)19(24,25)10-27/h2-8,29H,9-10H2,1H3. The Hall–Kier alpha value is -2.96. The fourth-order valence-corrected chi connectivity index (χ4v) is 4.72. The zero-order valence-corrected chi connectivity index (χ0v) is 17.1. The first kappa shape index (κ1) is 22.2. The van der Waals surface area contributed by atoms with E-state index in [0.717, 1.165) is 30.3 Å². The van der Waals surface area contributed by atoms with Crippen LogP contribution >= 0.6 is 0 Å². The number of benzene rings is 2. The van der Waals surface area contributed by atoms with Crippen LogP contribution in [-0.2, 0) is 15.9 Å². The molecule has 2 heterocycles. The Morgan fingerprint density at radius 3 is 2.09 bits per heavy atom. The molecule has 3 aromatic rings. The van der Waals surface area contributed by atoms with Crippen molar-refractivity contribution in [3.8, 4) is 5.75 Å². The van der Waals surface area contributed by atoms with Gasteiger partial charge in [0.15, 0.2) is 5.82 Å². The van der Waals surface area contributed by atoms with Crippen LogP contribution in [0.4, 0.5) is 32.2 Å². The lowest BCUT2D eigenvalue weighted by Gasteiger charge is -2.14. The molecule has 1 N–H and O–H groups in total. The summed E-state index contributed by atoms with van der Waals surface area (Å²) in [5, 5.41) is 13.7. The monoisotopic (exact) mass is 479 g/mol. The number of anilines is 1. The summed E-state index contributed by atoms with van der Waals surface area (Å²) in [4.78, 5) is 0.0383. The molecule has 0 aliphatic carbocycles. The highest BCUT2D eigenvalue weighted by atomic mass is 32.2. The van der Waals surface area contributed by atoms with E-state index in [-0.39, 0.29) is 10.9 Å². The molecule has 172 valence electrons. The van der Waals surface area contributed by atoms with Gasteiger partial charge in [-0.1, -0.05) is 18.2 Å². The molecule has 0 amide bonds. The highest BCUT2D eigenvalue weighted by Gasteiger charge is 2.63. The molecule has 1 aliphatic heterocycles. The molecule has 0 unspecified atom stereocenters. The summed E-state index contributed by atoms with van der Waals surface area (Å²) < 4.78 is 108. The number of fused-ring (bicyclic) bond motifs is 1. The molecule has 32 heavy (non-hydrogen) atoms. The van der Waals surface area contributed by atoms with Gasteiger partial charge in [0.05, 0.1) is 28.9 Å². The first-order valence-corrected chi connectivity index (χ1v) is 10.5. The fourth-order valence-electron chi connectivity index (χ4n) is 3.45. The molecule has 1 aliphatic rings. The predicted molar refractivity (Wildman–Crippen MR) is 102 cm³/mol. The van der Waals surface area contributed by atoms with Crippen molar-refractivity contribution in [2.75, 3.05) is 18.0 Å². The molecule has 6 nitrogen and oxygen atoms in total. The summed E-state index contributed by atoms with van der Waals surface area (Å²) in [6, 6.07) is 7.20. The molecule has 0 atom stereocenters. The van der Waals surface area contributed by atoms with Crippen LogP contribution in [0.5, 0.6) is 5.75 Å². The summed E-state index contributed by atoms with van der Waals surface area (Å²) in [6.07, 6.45) is 0. The van der Waals surface area contributed by atoms with E-state index in [2.05, 4.69) is 5.10 Å². The van der Waals surface area contributed by atoms with Gasteiger partial charge in [0.1, 0.15) is 5.75 Å². The molecular formula is C19H15F6N3O3S. The average Bonchev–Trinajstić information content (AvgIpc) is 3.17. The lowest BCUT2D eigenvalue weighted by Crippen LogP contribution is -2.38. The zero-order valence-electron chi connectivity index (χ0n) is 16.2. The SMILES string of the molecule is CC(F)(F)c1ccc(S(=O)(=O)n2nc(N3CC(F)(F)C(F)(F)C3)c3c(O)cccc32)cc1. The number of phenolic OH excluding ortho intramolecular Hbond substituents is 1. The van der Waals surface area contributed by atoms with Gasteiger partial charge in [-0.25, -0.2) is 8.78 Å². The normalized spacial score (nSPS) is 18.4. The van der Waals surface area contributed by atoms with Crippen LogP contribution in [0.15, 0.2) is 47.4 Å². The van der Waals surface area contributed by atoms with Gasteiger partial charge in [-0.3, -0.25) is 0 Å². The Balaban J connectivity index is 1.87. The lowest BCUT2D eigenvalue weighted by molar-refractivity contribution is -0.172. The van der Waals surface area contributed by atoms with Crippen LogP contribution in [0.1, 0.15) is 12.5 Å². The van der Waals surface area contributed by atoms with Crippen molar-refractivity contribution in [2.24, 2.45) is 0 Å². The van der Waals surface area contributed by atoms with Gasteiger partial charge in [-0.05, 0) is 24.3 Å². The minimum Gasteiger partial charge on any atom is -0.507 e. The Labute approximate surface area is 177 Å². The highest BCUT2D eigenvalue weighted by Crippen LogP contribution is 2.45. The maximum Gasteiger partial charge on any atom is 0.329 e. The van der Waals surface area contributed by atoms with Gasteiger partial charge >= 0.3 is 11.8 Å². The number of alkyl halides is 6. The van der Waals surface area contributed by atoms with Crippen molar-refractivity contribution in [3.05, 3.63) is 48.0 Å². The number of aromatic nitrogens is 2. The van der Waals surface area contributed by atoms with E-state index in [9.17, 15) is 39.9 Å². The average molecular weight is 479 g/mol. The van der Waals surface area contributed by atoms with Crippen molar-refractivity contribution in [1.82, 2.24) is 9.19 Å². The van der Waals surface area contributed by atoms with Crippen LogP contribution < -0.4 is 4.90 Å². The Morgan fingerprint density at radius 1 is 1.00 bits per heavy atom. The van der Waals surface area contributed by atoms with Crippen LogP contribution in [-0.4, -0.2) is 47.6 Å². The minimum absolute atomic E-state index is 0.261. The van der Waals surface area contributed by atoms with E-state index in [4.69, 9.17) is 0 Å². The molecule has 1 fully saturated rings. The second-order valence-electron chi connectivity index (χ2n) is 7.52. The zero-order chi connectivity index (χ0) is 23.7. The number of nitrogens with zero attached hydrogens (tertiary/aromatic N) is 3. The molecule has 0 bridgehead atoms. The second-order valence-corrected chi connectivity index (χ2v) is 9.29. The number of hydrogen-bond acceptors (Lipinski definition) is 5. The van der Waals surface area contributed by atoms with Gasteiger partial charge in [0.25, 0.3) is 15.9 Å². The van der Waals surface area contributed by atoms with Crippen LogP contribution in [0, 0.1) is 0 Å². The molecular weight excluding hydrogens is 464 g/mol. The molecule has 2 aromatic carbocycles. The number of phenols is 1. The molecule has 0 spiro atoms. The molecule has 1 saturated heterocycles. The number of hydrogen-bond donors (Lipinski definition) is 1. The summed E-state index contributed by atoms with van der Waals surface area (Å²) >= 11 is 0. The van der Waals surface area contributed by atoms with E-state index < -0.39 is 62.9 Å². The summed E-state index contributed by atoms with van der Waals surface area (Å²) in [5.41, 5.74) is -0.704. The quantitative estimate of drug-likeness (QED) is 0.569. The lowest BCUT2D eigenvalue weighted by atomic mass is 10.1. The van der Waals surface area contributed by atoms with Crippen molar-refractivity contribution in [3.63, 3.8) is 0 Å². The van der Waals surface area contributed by atoms with Crippen LogP contribution in [0.25, 0.3) is 10.9 Å². The Bertz CT molecular complexity index is 1280. The number of aromatic hydroxyl groups is 1. The second kappa shape index (κ2) is 6.77. The van der Waals surface area contributed by atoms with Crippen LogP contribution in [0.2, 0.25) is 0 Å². The Kier molecular flexibility index (Phi) is 4.70. The van der Waals surface area contributed by atoms with Crippen molar-refractivity contribution in [2.45, 2.75) is 29.6 Å². The van der Waals surface area contributed by atoms with Gasteiger partial charge in [0, 0.05) is 12.5 Å². The molecule has 1 aromatic heterocycles. The number of rotatable bonds is 4. The Morgan fingerprint density at radius 2 is 1.56 bits per heavy atom. The van der Waals surface area contributed by atoms with E-state index in [1.165, 1.54) is 12.1 Å². The van der Waals surface area contributed by atoms with Gasteiger partial charge in [0.2, 0.25) is 0 Å². The summed E-state index contributed by atoms with van der Waals surface area (Å²) in [5.74, 6) is -13.1. The van der Waals surface area contributed by atoms with Crippen molar-refractivity contribution < 1.29 is 39.9 Å². The van der Waals surface area contributed by atoms with E-state index >= 15 is 0 Å². The molecule has 4 rings (SSSR count). The maximum absolute atomic E-state index is 13.7. The summed E-state index contributed by atoms with van der Waals surface area (Å²) in [6.45, 7) is -2.25. The van der Waals surface area contributed by atoms with Crippen LogP contribution in [0.3, 0.4) is 0 Å². The van der Waals surface area contributed by atoms with Gasteiger partial charge in [-0.2, -0.15) is 30.1 Å². The first-order valence-electron chi connectivity index (χ1n) is 9.10. The molecule has 0 saturated carbocycles. The van der Waals surface area contributed by atoms with Gasteiger partial charge < -0.3 is 10.0 Å². The van der Waals surface area contributed by atoms with Gasteiger partial charge in [-0.15, -0.1) is 5.10 Å². The molecule has 0 radical (unpaired) electrons. The first-order chi connectivity index (χ1) is 14.6.